The highest BCUT2D eigenvalue weighted by molar-refractivity contribution is 6.09. The van der Waals surface area contributed by atoms with E-state index < -0.39 is 11.9 Å². The number of fused-ring (bicyclic) bond motifs is 3. The van der Waals surface area contributed by atoms with E-state index in [-0.39, 0.29) is 18.9 Å². The van der Waals surface area contributed by atoms with Crippen molar-refractivity contribution in [2.45, 2.75) is 37.6 Å². The van der Waals surface area contributed by atoms with E-state index in [1.54, 1.807) is 6.07 Å². The molecule has 0 aliphatic heterocycles. The fourth-order valence-corrected chi connectivity index (χ4v) is 3.92. The number of halogens is 2. The Morgan fingerprint density at radius 2 is 1.76 bits per heavy atom. The number of methoxy groups -OCH3 is 1. The maximum Gasteiger partial charge on any atom is 0.337 e. The van der Waals surface area contributed by atoms with E-state index in [1.807, 2.05) is 36.4 Å². The molecule has 0 atom stereocenters. The molecule has 130 valence electrons. The van der Waals surface area contributed by atoms with Crippen LogP contribution in [-0.4, -0.2) is 23.6 Å². The Bertz CT molecular complexity index is 951. The topological polar surface area (TPSA) is 31.2 Å². The van der Waals surface area contributed by atoms with E-state index in [9.17, 15) is 13.6 Å². The molecule has 1 heterocycles. The second kappa shape index (κ2) is 5.83. The largest absolute Gasteiger partial charge is 0.465 e. The highest BCUT2D eigenvalue weighted by atomic mass is 19.3. The minimum atomic E-state index is -2.56. The third-order valence-electron chi connectivity index (χ3n) is 5.18. The molecule has 0 N–H and O–H groups in total. The quantitative estimate of drug-likeness (QED) is 0.589. The molecule has 0 saturated heterocycles. The van der Waals surface area contributed by atoms with Gasteiger partial charge >= 0.3 is 5.97 Å². The van der Waals surface area contributed by atoms with Crippen LogP contribution in [0.4, 0.5) is 8.78 Å². The van der Waals surface area contributed by atoms with Gasteiger partial charge in [0.15, 0.2) is 0 Å². The third-order valence-corrected chi connectivity index (χ3v) is 5.18. The molecule has 25 heavy (non-hydrogen) atoms. The maximum absolute atomic E-state index is 13.6. The predicted molar refractivity (Wildman–Crippen MR) is 93.2 cm³/mol. The van der Waals surface area contributed by atoms with Crippen LogP contribution < -0.4 is 0 Å². The van der Waals surface area contributed by atoms with Crippen LogP contribution >= 0.6 is 0 Å². The number of carbonyl (C=O) groups is 1. The number of nitrogens with zero attached hydrogens (tertiary/aromatic N) is 1. The molecule has 1 aliphatic carbocycles. The summed E-state index contributed by atoms with van der Waals surface area (Å²) < 4.78 is 34.1. The molecule has 0 radical (unpaired) electrons. The molecule has 1 fully saturated rings. The summed E-state index contributed by atoms with van der Waals surface area (Å²) in [7, 11) is 1.35. The highest BCUT2D eigenvalue weighted by Crippen LogP contribution is 2.42. The van der Waals surface area contributed by atoms with Crippen molar-refractivity contribution in [2.24, 2.45) is 0 Å². The molecule has 2 aromatic carbocycles. The summed E-state index contributed by atoms with van der Waals surface area (Å²) in [5.74, 6) is -2.96. The molecule has 1 aromatic heterocycles. The van der Waals surface area contributed by atoms with E-state index in [0.717, 1.165) is 21.8 Å². The molecular formula is C20H19F2NO2. The lowest BCUT2D eigenvalue weighted by molar-refractivity contribution is -0.0432. The van der Waals surface area contributed by atoms with Crippen LogP contribution in [0, 0.1) is 0 Å². The van der Waals surface area contributed by atoms with Gasteiger partial charge in [0, 0.05) is 35.2 Å². The lowest BCUT2D eigenvalue weighted by Crippen LogP contribution is -2.26. The number of alkyl halides is 2. The molecule has 1 aliphatic rings. The van der Waals surface area contributed by atoms with E-state index in [4.69, 9.17) is 4.74 Å². The van der Waals surface area contributed by atoms with Crippen molar-refractivity contribution in [3.63, 3.8) is 0 Å². The summed E-state index contributed by atoms with van der Waals surface area (Å²) in [4.78, 5) is 11.9. The Morgan fingerprint density at radius 1 is 1.08 bits per heavy atom. The Kier molecular flexibility index (Phi) is 3.74. The molecule has 4 rings (SSSR count). The zero-order chi connectivity index (χ0) is 17.6. The van der Waals surface area contributed by atoms with Gasteiger partial charge in [0.25, 0.3) is 0 Å². The van der Waals surface area contributed by atoms with Crippen LogP contribution in [0.5, 0.6) is 0 Å². The first-order valence-electron chi connectivity index (χ1n) is 8.49. The number of hydrogen-bond acceptors (Lipinski definition) is 2. The normalized spacial score (nSPS) is 17.9. The summed E-state index contributed by atoms with van der Waals surface area (Å²) in [5.41, 5.74) is 2.40. The summed E-state index contributed by atoms with van der Waals surface area (Å²) in [6.45, 7) is 0. The first-order chi connectivity index (χ1) is 12.0. The number of aromatic nitrogens is 1. The number of benzene rings is 2. The number of esters is 1. The Balaban J connectivity index is 1.91. The zero-order valence-corrected chi connectivity index (χ0v) is 14.0. The van der Waals surface area contributed by atoms with Gasteiger partial charge in [0.05, 0.1) is 18.2 Å². The third kappa shape index (κ3) is 2.68. The minimum Gasteiger partial charge on any atom is -0.465 e. The van der Waals surface area contributed by atoms with E-state index in [1.165, 1.54) is 7.11 Å². The zero-order valence-electron chi connectivity index (χ0n) is 14.0. The van der Waals surface area contributed by atoms with Gasteiger partial charge in [-0.3, -0.25) is 0 Å². The van der Waals surface area contributed by atoms with Crippen molar-refractivity contribution in [2.75, 3.05) is 7.11 Å². The first kappa shape index (κ1) is 16.1. The molecule has 0 spiro atoms. The predicted octanol–water partition coefficient (Wildman–Crippen LogP) is 5.33. The van der Waals surface area contributed by atoms with Crippen molar-refractivity contribution in [3.8, 4) is 0 Å². The van der Waals surface area contributed by atoms with Gasteiger partial charge in [-0.1, -0.05) is 24.3 Å². The maximum atomic E-state index is 13.6. The molecule has 1 saturated carbocycles. The number of rotatable bonds is 2. The van der Waals surface area contributed by atoms with E-state index >= 15 is 0 Å². The standard InChI is InChI=1S/C20H19F2NO2/c1-25-19(24)13-6-7-16-15-4-2-3-5-17(15)23(18(16)12-13)14-8-10-20(21,22)11-9-14/h2-7,12,14H,8-11H2,1H3. The minimum absolute atomic E-state index is 0.00919. The SMILES string of the molecule is COC(=O)c1ccc2c3ccccc3n(C3CCC(F)(F)CC3)c2c1. The lowest BCUT2D eigenvalue weighted by atomic mass is 9.92. The molecule has 0 bridgehead atoms. The lowest BCUT2D eigenvalue weighted by Gasteiger charge is -2.30. The van der Waals surface area contributed by atoms with Crippen LogP contribution in [-0.2, 0) is 4.74 Å². The smallest absolute Gasteiger partial charge is 0.337 e. The Morgan fingerprint density at radius 3 is 2.48 bits per heavy atom. The van der Waals surface area contributed by atoms with E-state index in [2.05, 4.69) is 4.57 Å². The second-order valence-electron chi connectivity index (χ2n) is 6.70. The van der Waals surface area contributed by atoms with Crippen LogP contribution in [0.2, 0.25) is 0 Å². The van der Waals surface area contributed by atoms with Crippen LogP contribution in [0.15, 0.2) is 42.5 Å². The van der Waals surface area contributed by atoms with Crippen molar-refractivity contribution in [3.05, 3.63) is 48.0 Å². The fraction of sp³-hybridized carbons (Fsp3) is 0.350. The highest BCUT2D eigenvalue weighted by Gasteiger charge is 2.36. The van der Waals surface area contributed by atoms with Crippen LogP contribution in [0.25, 0.3) is 21.8 Å². The van der Waals surface area contributed by atoms with Gasteiger partial charge in [0.1, 0.15) is 0 Å². The van der Waals surface area contributed by atoms with Crippen molar-refractivity contribution in [1.29, 1.82) is 0 Å². The van der Waals surface area contributed by atoms with Crippen molar-refractivity contribution < 1.29 is 18.3 Å². The fourth-order valence-electron chi connectivity index (χ4n) is 3.92. The molecular weight excluding hydrogens is 324 g/mol. The summed E-state index contributed by atoms with van der Waals surface area (Å²) >= 11 is 0. The van der Waals surface area contributed by atoms with Crippen molar-refractivity contribution in [1.82, 2.24) is 4.57 Å². The van der Waals surface area contributed by atoms with Crippen LogP contribution in [0.3, 0.4) is 0 Å². The number of para-hydroxylation sites is 1. The number of carbonyl (C=O) groups excluding carboxylic acids is 1. The van der Waals surface area contributed by atoms with E-state index in [0.29, 0.717) is 18.4 Å². The van der Waals surface area contributed by atoms with Crippen LogP contribution in [0.1, 0.15) is 42.1 Å². The summed E-state index contributed by atoms with van der Waals surface area (Å²) in [6.07, 6.45) is 0.678. The molecule has 3 aromatic rings. The summed E-state index contributed by atoms with van der Waals surface area (Å²) in [5, 5.41) is 2.10. The van der Waals surface area contributed by atoms with Gasteiger partial charge in [-0.2, -0.15) is 0 Å². The van der Waals surface area contributed by atoms with Crippen molar-refractivity contribution >= 4 is 27.8 Å². The first-order valence-corrected chi connectivity index (χ1v) is 8.49. The molecule has 0 amide bonds. The second-order valence-corrected chi connectivity index (χ2v) is 6.70. The monoisotopic (exact) mass is 343 g/mol. The van der Waals surface area contributed by atoms with Gasteiger partial charge in [-0.25, -0.2) is 13.6 Å². The van der Waals surface area contributed by atoms with Gasteiger partial charge in [0.2, 0.25) is 5.92 Å². The summed E-state index contributed by atoms with van der Waals surface area (Å²) in [6, 6.07) is 13.5. The van der Waals surface area contributed by atoms with Gasteiger partial charge in [-0.05, 0) is 31.0 Å². The van der Waals surface area contributed by atoms with Gasteiger partial charge < -0.3 is 9.30 Å². The number of hydrogen-bond donors (Lipinski definition) is 0. The molecule has 0 unspecified atom stereocenters. The average Bonchev–Trinajstić information content (AvgIpc) is 2.95. The average molecular weight is 343 g/mol. The number of ether oxygens (including phenoxy) is 1. The Labute approximate surface area is 144 Å². The molecule has 5 heteroatoms. The van der Waals surface area contributed by atoms with Gasteiger partial charge in [-0.15, -0.1) is 0 Å². The Hall–Kier alpha value is -2.43. The molecule has 3 nitrogen and oxygen atoms in total.